The van der Waals surface area contributed by atoms with Crippen LogP contribution in [0.4, 0.5) is 0 Å². The van der Waals surface area contributed by atoms with Gasteiger partial charge in [-0.1, -0.05) is 44.2 Å². The number of halogens is 1. The van der Waals surface area contributed by atoms with Crippen molar-refractivity contribution in [3.05, 3.63) is 47.8 Å². The average Bonchev–Trinajstić information content (AvgIpc) is 2.60. The van der Waals surface area contributed by atoms with Crippen molar-refractivity contribution in [1.82, 2.24) is 9.78 Å². The van der Waals surface area contributed by atoms with Gasteiger partial charge in [0.1, 0.15) is 0 Å². The minimum atomic E-state index is -0.473. The molecule has 0 saturated heterocycles. The minimum absolute atomic E-state index is 0.00573. The molecule has 0 aliphatic heterocycles. The number of hydrogen-bond acceptors (Lipinski definition) is 1. The Labute approximate surface area is 120 Å². The van der Waals surface area contributed by atoms with Gasteiger partial charge in [-0.05, 0) is 19.4 Å². The molecular weight excluding hydrogens is 256 g/mol. The van der Waals surface area contributed by atoms with Crippen LogP contribution < -0.4 is 0 Å². The molecule has 0 amide bonds. The fourth-order valence-electron chi connectivity index (χ4n) is 2.19. The van der Waals surface area contributed by atoms with Gasteiger partial charge in [-0.25, -0.2) is 0 Å². The Kier molecular flexibility index (Phi) is 3.48. The molecule has 0 spiro atoms. The molecule has 0 saturated carbocycles. The summed E-state index contributed by atoms with van der Waals surface area (Å²) in [7, 11) is 1.94. The van der Waals surface area contributed by atoms with Gasteiger partial charge in [-0.15, -0.1) is 11.6 Å². The Hall–Kier alpha value is -1.28. The van der Waals surface area contributed by atoms with Crippen LogP contribution >= 0.6 is 11.6 Å². The van der Waals surface area contributed by atoms with Crippen molar-refractivity contribution in [3.63, 3.8) is 0 Å². The molecule has 0 N–H and O–H groups in total. The Morgan fingerprint density at radius 1 is 1.16 bits per heavy atom. The van der Waals surface area contributed by atoms with Crippen molar-refractivity contribution in [3.8, 4) is 0 Å². The van der Waals surface area contributed by atoms with Crippen LogP contribution in [0.3, 0.4) is 0 Å². The van der Waals surface area contributed by atoms with E-state index in [1.807, 2.05) is 31.8 Å². The Morgan fingerprint density at radius 3 is 2.42 bits per heavy atom. The minimum Gasteiger partial charge on any atom is -0.275 e. The molecule has 1 unspecified atom stereocenters. The summed E-state index contributed by atoms with van der Waals surface area (Å²) >= 11 is 6.56. The predicted octanol–water partition coefficient (Wildman–Crippen LogP) is 4.26. The van der Waals surface area contributed by atoms with Crippen LogP contribution in [-0.2, 0) is 7.05 Å². The molecule has 102 valence electrons. The molecule has 1 aliphatic rings. The third-order valence-electron chi connectivity index (χ3n) is 3.29. The molecule has 1 aromatic rings. The quantitative estimate of drug-likeness (QED) is 0.553. The third-order valence-corrected chi connectivity index (χ3v) is 3.53. The standard InChI is InChI=1S/C16H21ClN2/c1-12-14(11-19(5)18-12)13-6-7-15(2,3)8-9-16(4,17)10-13/h6-11H,1-5H3/b7-6-,9-8-,13-10+. The molecule has 3 heteroatoms. The number of aryl methyl sites for hydroxylation is 2. The highest BCUT2D eigenvalue weighted by molar-refractivity contribution is 6.27. The summed E-state index contributed by atoms with van der Waals surface area (Å²) in [5.41, 5.74) is 3.29. The van der Waals surface area contributed by atoms with Gasteiger partial charge >= 0.3 is 0 Å². The first-order valence-corrected chi connectivity index (χ1v) is 6.88. The summed E-state index contributed by atoms with van der Waals surface area (Å²) in [6, 6.07) is 0. The van der Waals surface area contributed by atoms with Gasteiger partial charge in [0.25, 0.3) is 0 Å². The molecule has 0 aromatic carbocycles. The largest absolute Gasteiger partial charge is 0.275 e. The average molecular weight is 277 g/mol. The first kappa shape index (κ1) is 14.1. The number of rotatable bonds is 1. The summed E-state index contributed by atoms with van der Waals surface area (Å²) in [6.07, 6.45) is 12.7. The lowest BCUT2D eigenvalue weighted by molar-refractivity contribution is 0.620. The maximum absolute atomic E-state index is 6.56. The topological polar surface area (TPSA) is 17.8 Å². The molecule has 0 fully saturated rings. The lowest BCUT2D eigenvalue weighted by Crippen LogP contribution is -2.14. The SMILES string of the molecule is Cc1nn(C)cc1C1=C/C(C)(Cl)/C=C\C(C)(C)/C=C\1. The highest BCUT2D eigenvalue weighted by Crippen LogP contribution is 2.33. The van der Waals surface area contributed by atoms with Crippen molar-refractivity contribution in [1.29, 1.82) is 0 Å². The van der Waals surface area contributed by atoms with E-state index in [9.17, 15) is 0 Å². The number of nitrogens with zero attached hydrogens (tertiary/aromatic N) is 2. The van der Waals surface area contributed by atoms with Crippen molar-refractivity contribution in [2.24, 2.45) is 12.5 Å². The predicted molar refractivity (Wildman–Crippen MR) is 82.2 cm³/mol. The molecule has 1 aromatic heterocycles. The summed E-state index contributed by atoms with van der Waals surface area (Å²) < 4.78 is 1.84. The van der Waals surface area contributed by atoms with Crippen LogP contribution in [0, 0.1) is 12.3 Å². The van der Waals surface area contributed by atoms with Crippen molar-refractivity contribution in [2.45, 2.75) is 32.6 Å². The van der Waals surface area contributed by atoms with E-state index in [0.717, 1.165) is 16.8 Å². The molecule has 1 heterocycles. The highest BCUT2D eigenvalue weighted by atomic mass is 35.5. The second-order valence-electron chi connectivity index (χ2n) is 6.04. The first-order chi connectivity index (χ1) is 8.69. The summed E-state index contributed by atoms with van der Waals surface area (Å²) in [5.74, 6) is 0. The summed E-state index contributed by atoms with van der Waals surface area (Å²) in [5, 5.41) is 4.41. The van der Waals surface area contributed by atoms with Crippen LogP contribution in [0.1, 0.15) is 32.0 Å². The maximum atomic E-state index is 6.56. The van der Waals surface area contributed by atoms with Crippen molar-refractivity contribution < 1.29 is 0 Å². The van der Waals surface area contributed by atoms with Crippen LogP contribution in [0.25, 0.3) is 5.57 Å². The van der Waals surface area contributed by atoms with E-state index in [4.69, 9.17) is 11.6 Å². The van der Waals surface area contributed by atoms with E-state index in [1.165, 1.54) is 0 Å². The van der Waals surface area contributed by atoms with Gasteiger partial charge in [0.15, 0.2) is 0 Å². The summed E-state index contributed by atoms with van der Waals surface area (Å²) in [6.45, 7) is 8.37. The smallest absolute Gasteiger partial charge is 0.0787 e. The number of aromatic nitrogens is 2. The maximum Gasteiger partial charge on any atom is 0.0787 e. The van der Waals surface area contributed by atoms with E-state index in [-0.39, 0.29) is 5.41 Å². The number of allylic oxidation sites excluding steroid dienone is 6. The lowest BCUT2D eigenvalue weighted by Gasteiger charge is -2.22. The Balaban J connectivity index is 2.55. The number of alkyl halides is 1. The van der Waals surface area contributed by atoms with E-state index in [2.05, 4.69) is 49.3 Å². The van der Waals surface area contributed by atoms with Crippen molar-refractivity contribution >= 4 is 17.2 Å². The zero-order chi connectivity index (χ0) is 14.3. The zero-order valence-corrected chi connectivity index (χ0v) is 13.0. The summed E-state index contributed by atoms with van der Waals surface area (Å²) in [4.78, 5) is -0.473. The van der Waals surface area contributed by atoms with E-state index < -0.39 is 4.87 Å². The molecule has 0 bridgehead atoms. The molecule has 0 radical (unpaired) electrons. The van der Waals surface area contributed by atoms with Gasteiger partial charge in [0.05, 0.1) is 10.6 Å². The first-order valence-electron chi connectivity index (χ1n) is 6.51. The van der Waals surface area contributed by atoms with Gasteiger partial charge in [-0.3, -0.25) is 4.68 Å². The molecule has 1 atom stereocenters. The third kappa shape index (κ3) is 3.38. The zero-order valence-electron chi connectivity index (χ0n) is 12.2. The van der Waals surface area contributed by atoms with Crippen molar-refractivity contribution in [2.75, 3.05) is 0 Å². The second kappa shape index (κ2) is 4.68. The van der Waals surface area contributed by atoms with E-state index in [0.29, 0.717) is 0 Å². The molecule has 19 heavy (non-hydrogen) atoms. The van der Waals surface area contributed by atoms with Gasteiger partial charge in [0.2, 0.25) is 0 Å². The van der Waals surface area contributed by atoms with Gasteiger partial charge < -0.3 is 0 Å². The Bertz CT molecular complexity index is 572. The van der Waals surface area contributed by atoms with Crippen LogP contribution in [0.15, 0.2) is 36.6 Å². The van der Waals surface area contributed by atoms with Crippen LogP contribution in [-0.4, -0.2) is 14.7 Å². The Morgan fingerprint density at radius 2 is 1.84 bits per heavy atom. The van der Waals surface area contributed by atoms with Crippen LogP contribution in [0.5, 0.6) is 0 Å². The normalized spacial score (nSPS) is 32.0. The molecule has 2 rings (SSSR count). The lowest BCUT2D eigenvalue weighted by atomic mass is 9.86. The number of hydrogen-bond donors (Lipinski definition) is 0. The van der Waals surface area contributed by atoms with E-state index >= 15 is 0 Å². The molecular formula is C16H21ClN2. The highest BCUT2D eigenvalue weighted by Gasteiger charge is 2.21. The van der Waals surface area contributed by atoms with Gasteiger partial charge in [-0.2, -0.15) is 5.10 Å². The van der Waals surface area contributed by atoms with Gasteiger partial charge in [0, 0.05) is 24.2 Å². The molecule has 2 nitrogen and oxygen atoms in total. The fourth-order valence-corrected chi connectivity index (χ4v) is 2.37. The monoisotopic (exact) mass is 276 g/mol. The van der Waals surface area contributed by atoms with E-state index in [1.54, 1.807) is 0 Å². The fraction of sp³-hybridized carbons (Fsp3) is 0.438. The van der Waals surface area contributed by atoms with Crippen LogP contribution in [0.2, 0.25) is 0 Å². The molecule has 1 aliphatic carbocycles. The second-order valence-corrected chi connectivity index (χ2v) is 6.86.